The Morgan fingerprint density at radius 2 is 1.70 bits per heavy atom. The van der Waals surface area contributed by atoms with Gasteiger partial charge in [0.1, 0.15) is 5.52 Å². The number of amides is 1. The molecule has 0 saturated heterocycles. The number of halogens is 1. The molecule has 0 spiro atoms. The van der Waals surface area contributed by atoms with E-state index >= 15 is 0 Å². The van der Waals surface area contributed by atoms with Crippen molar-refractivity contribution in [2.75, 3.05) is 5.32 Å². The Hall–Kier alpha value is -3.63. The van der Waals surface area contributed by atoms with E-state index in [-0.39, 0.29) is 5.91 Å². The van der Waals surface area contributed by atoms with Crippen LogP contribution in [0.25, 0.3) is 21.9 Å². The number of oxazole rings is 1. The number of fused-ring (bicyclic) bond motifs is 2. The van der Waals surface area contributed by atoms with Crippen LogP contribution in [0.2, 0.25) is 5.02 Å². The number of hydrogen-bond donors (Lipinski definition) is 1. The molecule has 0 aliphatic carbocycles. The lowest BCUT2D eigenvalue weighted by molar-refractivity contribution is 0.102. The normalized spacial score (nSPS) is 11.1. The second-order valence-electron chi connectivity index (χ2n) is 7.05. The molecule has 1 aromatic heterocycles. The number of carbonyl (C=O) groups excluding carboxylic acids is 1. The van der Waals surface area contributed by atoms with Gasteiger partial charge in [-0.25, -0.2) is 4.98 Å². The molecule has 0 fully saturated rings. The summed E-state index contributed by atoms with van der Waals surface area (Å²) in [4.78, 5) is 17.5. The van der Waals surface area contributed by atoms with Gasteiger partial charge in [-0.15, -0.1) is 0 Å². The second kappa shape index (κ2) is 7.65. The third-order valence-corrected chi connectivity index (χ3v) is 5.33. The highest BCUT2D eigenvalue weighted by molar-refractivity contribution is 6.36. The van der Waals surface area contributed by atoms with Crippen LogP contribution >= 0.6 is 11.6 Å². The first-order valence-electron chi connectivity index (χ1n) is 9.59. The van der Waals surface area contributed by atoms with E-state index in [4.69, 9.17) is 16.0 Å². The highest BCUT2D eigenvalue weighted by Crippen LogP contribution is 2.27. The molecule has 1 heterocycles. The van der Waals surface area contributed by atoms with Gasteiger partial charge in [-0.2, -0.15) is 0 Å². The smallest absolute Gasteiger partial charge is 0.256 e. The van der Waals surface area contributed by atoms with E-state index in [0.717, 1.165) is 16.3 Å². The Morgan fingerprint density at radius 1 is 0.900 bits per heavy atom. The van der Waals surface area contributed by atoms with Gasteiger partial charge in [-0.1, -0.05) is 66.2 Å². The van der Waals surface area contributed by atoms with Crippen molar-refractivity contribution in [2.24, 2.45) is 0 Å². The molecule has 1 amide bonds. The number of carbonyl (C=O) groups is 1. The van der Waals surface area contributed by atoms with Gasteiger partial charge >= 0.3 is 0 Å². The molecule has 30 heavy (non-hydrogen) atoms. The molecule has 5 heteroatoms. The van der Waals surface area contributed by atoms with Gasteiger partial charge in [0.15, 0.2) is 11.5 Å². The summed E-state index contributed by atoms with van der Waals surface area (Å²) in [6.45, 7) is 0. The molecule has 4 nitrogen and oxygen atoms in total. The van der Waals surface area contributed by atoms with Crippen LogP contribution in [0.15, 0.2) is 89.3 Å². The van der Waals surface area contributed by atoms with Crippen LogP contribution in [0.3, 0.4) is 0 Å². The summed E-state index contributed by atoms with van der Waals surface area (Å²) in [6, 6.07) is 26.6. The van der Waals surface area contributed by atoms with Crippen LogP contribution in [0.4, 0.5) is 5.69 Å². The molecule has 5 aromatic rings. The molecule has 0 atom stereocenters. The standard InChI is InChI=1S/C25H17ClN2O2/c26-21-11-5-8-18-19(21)9-4-10-20(18)25(29)27-17-12-13-23-22(15-17)28-24(30-23)14-16-6-2-1-3-7-16/h1-13,15H,14H2,(H,27,29). The molecule has 1 N–H and O–H groups in total. The highest BCUT2D eigenvalue weighted by Gasteiger charge is 2.13. The van der Waals surface area contributed by atoms with Crippen LogP contribution in [0.1, 0.15) is 21.8 Å². The molecule has 0 unspecified atom stereocenters. The largest absolute Gasteiger partial charge is 0.440 e. The number of nitrogens with zero attached hydrogens (tertiary/aromatic N) is 1. The van der Waals surface area contributed by atoms with Crippen LogP contribution in [-0.2, 0) is 6.42 Å². The molecule has 0 aliphatic rings. The minimum atomic E-state index is -0.199. The third kappa shape index (κ3) is 3.53. The second-order valence-corrected chi connectivity index (χ2v) is 7.45. The molecular weight excluding hydrogens is 396 g/mol. The molecule has 146 valence electrons. The number of anilines is 1. The van der Waals surface area contributed by atoms with E-state index in [1.54, 1.807) is 6.07 Å². The Balaban J connectivity index is 1.42. The number of nitrogens with one attached hydrogen (secondary N) is 1. The number of aromatic nitrogens is 1. The van der Waals surface area contributed by atoms with Gasteiger partial charge in [-0.05, 0) is 41.3 Å². The summed E-state index contributed by atoms with van der Waals surface area (Å²) >= 11 is 6.27. The molecule has 5 rings (SSSR count). The Labute approximate surface area is 178 Å². The molecule has 0 aliphatic heterocycles. The quantitative estimate of drug-likeness (QED) is 0.367. The maximum atomic E-state index is 12.9. The predicted molar refractivity (Wildman–Crippen MR) is 120 cm³/mol. The minimum absolute atomic E-state index is 0.199. The van der Waals surface area contributed by atoms with Gasteiger partial charge in [0, 0.05) is 28.1 Å². The Bertz CT molecular complexity index is 1380. The average molecular weight is 413 g/mol. The number of benzene rings is 4. The molecular formula is C25H17ClN2O2. The van der Waals surface area contributed by atoms with Gasteiger partial charge in [0.2, 0.25) is 0 Å². The zero-order chi connectivity index (χ0) is 20.5. The van der Waals surface area contributed by atoms with Crippen molar-refractivity contribution in [3.63, 3.8) is 0 Å². The summed E-state index contributed by atoms with van der Waals surface area (Å²) in [5, 5.41) is 5.25. The van der Waals surface area contributed by atoms with E-state index < -0.39 is 0 Å². The first-order valence-corrected chi connectivity index (χ1v) is 9.97. The minimum Gasteiger partial charge on any atom is -0.440 e. The van der Waals surface area contributed by atoms with Gasteiger partial charge in [-0.3, -0.25) is 4.79 Å². The number of hydrogen-bond acceptors (Lipinski definition) is 3. The zero-order valence-electron chi connectivity index (χ0n) is 15.9. The van der Waals surface area contributed by atoms with Gasteiger partial charge in [0.25, 0.3) is 5.91 Å². The van der Waals surface area contributed by atoms with E-state index in [0.29, 0.717) is 39.7 Å². The monoisotopic (exact) mass is 412 g/mol. The van der Waals surface area contributed by atoms with E-state index in [2.05, 4.69) is 10.3 Å². The summed E-state index contributed by atoms with van der Waals surface area (Å²) in [5.74, 6) is 0.443. The van der Waals surface area contributed by atoms with Crippen LogP contribution in [-0.4, -0.2) is 10.9 Å². The maximum absolute atomic E-state index is 12.9. The SMILES string of the molecule is O=C(Nc1ccc2oc(Cc3ccccc3)nc2c1)c1cccc2c(Cl)cccc12. The van der Waals surface area contributed by atoms with Crippen LogP contribution < -0.4 is 5.32 Å². The molecule has 0 radical (unpaired) electrons. The molecule has 0 saturated carbocycles. The van der Waals surface area contributed by atoms with E-state index in [1.165, 1.54) is 0 Å². The van der Waals surface area contributed by atoms with Crippen molar-refractivity contribution < 1.29 is 9.21 Å². The zero-order valence-corrected chi connectivity index (χ0v) is 16.7. The third-order valence-electron chi connectivity index (χ3n) is 5.00. The summed E-state index contributed by atoms with van der Waals surface area (Å²) in [7, 11) is 0. The fourth-order valence-electron chi connectivity index (χ4n) is 3.57. The van der Waals surface area contributed by atoms with Crippen molar-refractivity contribution in [3.05, 3.63) is 107 Å². The van der Waals surface area contributed by atoms with Crippen molar-refractivity contribution in [1.29, 1.82) is 0 Å². The van der Waals surface area contributed by atoms with E-state index in [1.807, 2.05) is 78.9 Å². The average Bonchev–Trinajstić information content (AvgIpc) is 3.16. The van der Waals surface area contributed by atoms with Crippen molar-refractivity contribution >= 4 is 45.1 Å². The Kier molecular flexibility index (Phi) is 4.69. The predicted octanol–water partition coefficient (Wildman–Crippen LogP) is 6.48. The number of rotatable bonds is 4. The highest BCUT2D eigenvalue weighted by atomic mass is 35.5. The first-order chi connectivity index (χ1) is 14.7. The molecule has 0 bridgehead atoms. The Morgan fingerprint density at radius 3 is 2.57 bits per heavy atom. The summed E-state index contributed by atoms with van der Waals surface area (Å²) < 4.78 is 5.85. The lowest BCUT2D eigenvalue weighted by Crippen LogP contribution is -2.12. The topological polar surface area (TPSA) is 55.1 Å². The van der Waals surface area contributed by atoms with Crippen molar-refractivity contribution in [2.45, 2.75) is 6.42 Å². The van der Waals surface area contributed by atoms with Crippen molar-refractivity contribution in [1.82, 2.24) is 4.98 Å². The first kappa shape index (κ1) is 18.4. The lowest BCUT2D eigenvalue weighted by atomic mass is 10.0. The van der Waals surface area contributed by atoms with Gasteiger partial charge < -0.3 is 9.73 Å². The van der Waals surface area contributed by atoms with Crippen LogP contribution in [0.5, 0.6) is 0 Å². The van der Waals surface area contributed by atoms with E-state index in [9.17, 15) is 4.79 Å². The van der Waals surface area contributed by atoms with Crippen LogP contribution in [0, 0.1) is 0 Å². The maximum Gasteiger partial charge on any atom is 0.256 e. The fourth-order valence-corrected chi connectivity index (χ4v) is 3.80. The summed E-state index contributed by atoms with van der Waals surface area (Å²) in [6.07, 6.45) is 0.619. The summed E-state index contributed by atoms with van der Waals surface area (Å²) in [5.41, 5.74) is 3.76. The lowest BCUT2D eigenvalue weighted by Gasteiger charge is -2.09. The van der Waals surface area contributed by atoms with Crippen molar-refractivity contribution in [3.8, 4) is 0 Å². The van der Waals surface area contributed by atoms with Gasteiger partial charge in [0.05, 0.1) is 0 Å². The molecule has 4 aromatic carbocycles. The fraction of sp³-hybridized carbons (Fsp3) is 0.0400.